The molecule has 1 amide bonds. The van der Waals surface area contributed by atoms with E-state index in [9.17, 15) is 22.0 Å². The highest BCUT2D eigenvalue weighted by Crippen LogP contribution is 2.38. The van der Waals surface area contributed by atoms with Crippen molar-refractivity contribution in [2.24, 2.45) is 10.7 Å². The molecule has 1 aliphatic rings. The summed E-state index contributed by atoms with van der Waals surface area (Å²) in [7, 11) is -3.75. The Labute approximate surface area is 166 Å². The predicted octanol–water partition coefficient (Wildman–Crippen LogP) is 1.79. The van der Waals surface area contributed by atoms with Crippen LogP contribution in [0.15, 0.2) is 35.6 Å². The maximum Gasteiger partial charge on any atom is 0.274 e. The van der Waals surface area contributed by atoms with Gasteiger partial charge in [0.1, 0.15) is 27.6 Å². The number of nitrogens with zero attached hydrogens (tertiary/aromatic N) is 3. The summed E-state index contributed by atoms with van der Waals surface area (Å²) in [6, 6.07) is 3.50. The van der Waals surface area contributed by atoms with Gasteiger partial charge in [0, 0.05) is 5.56 Å². The molecule has 0 bridgehead atoms. The van der Waals surface area contributed by atoms with Crippen LogP contribution in [0.25, 0.3) is 0 Å². The van der Waals surface area contributed by atoms with Crippen LogP contribution in [0.3, 0.4) is 0 Å². The molecule has 0 fully saturated rings. The molecule has 0 saturated carbocycles. The maximum atomic E-state index is 14.5. The Morgan fingerprint density at radius 1 is 1.17 bits per heavy atom. The first-order valence-electron chi connectivity index (χ1n) is 8.53. The van der Waals surface area contributed by atoms with Crippen LogP contribution in [0.4, 0.5) is 14.5 Å². The average molecular weight is 423 g/mol. The summed E-state index contributed by atoms with van der Waals surface area (Å²) in [6.07, 6.45) is 1.95. The number of aliphatic imine (C=N–C) groups is 1. The summed E-state index contributed by atoms with van der Waals surface area (Å²) < 4.78 is 51.4. The van der Waals surface area contributed by atoms with Crippen molar-refractivity contribution in [1.29, 1.82) is 0 Å². The third-order valence-electron chi connectivity index (χ3n) is 4.87. The maximum absolute atomic E-state index is 14.5. The number of hydrogen-bond donors (Lipinski definition) is 2. The zero-order chi connectivity index (χ0) is 21.6. The number of hydrogen-bond acceptors (Lipinski definition) is 7. The number of amidine groups is 1. The van der Waals surface area contributed by atoms with Crippen molar-refractivity contribution >= 4 is 27.3 Å². The first-order valence-corrected chi connectivity index (χ1v) is 10.2. The second kappa shape index (κ2) is 6.83. The summed E-state index contributed by atoms with van der Waals surface area (Å²) in [5.74, 6) is -2.83. The number of nitrogens with two attached hydrogens (primary N) is 1. The molecule has 0 aliphatic carbocycles. The predicted molar refractivity (Wildman–Crippen MR) is 103 cm³/mol. The number of sulfone groups is 1. The lowest BCUT2D eigenvalue weighted by Gasteiger charge is -2.37. The molecule has 0 radical (unpaired) electrons. The molecule has 8 nitrogen and oxygen atoms in total. The minimum atomic E-state index is -3.75. The molecule has 0 aromatic carbocycles. The summed E-state index contributed by atoms with van der Waals surface area (Å²) in [5.41, 5.74) is 4.25. The van der Waals surface area contributed by atoms with Gasteiger partial charge in [-0.2, -0.15) is 4.39 Å². The first-order chi connectivity index (χ1) is 13.4. The highest BCUT2D eigenvalue weighted by Gasteiger charge is 2.49. The van der Waals surface area contributed by atoms with Gasteiger partial charge in [0.25, 0.3) is 5.91 Å². The van der Waals surface area contributed by atoms with Crippen LogP contribution in [0.1, 0.15) is 36.8 Å². The summed E-state index contributed by atoms with van der Waals surface area (Å²) in [5, 5.41) is 2.47. The van der Waals surface area contributed by atoms with E-state index in [-0.39, 0.29) is 22.8 Å². The number of aromatic nitrogens is 2. The van der Waals surface area contributed by atoms with Crippen LogP contribution in [0.5, 0.6) is 0 Å². The van der Waals surface area contributed by atoms with Gasteiger partial charge in [0.2, 0.25) is 5.95 Å². The highest BCUT2D eigenvalue weighted by atomic mass is 32.2. The Morgan fingerprint density at radius 2 is 1.86 bits per heavy atom. The van der Waals surface area contributed by atoms with Gasteiger partial charge in [-0.1, -0.05) is 0 Å². The Balaban J connectivity index is 1.98. The number of amides is 1. The van der Waals surface area contributed by atoms with Crippen molar-refractivity contribution in [1.82, 2.24) is 9.97 Å². The Bertz CT molecular complexity index is 1120. The normalized spacial score (nSPS) is 22.6. The minimum absolute atomic E-state index is 0.0623. The Morgan fingerprint density at radius 3 is 2.45 bits per heavy atom. The second-order valence-electron chi connectivity index (χ2n) is 7.42. The second-order valence-corrected chi connectivity index (χ2v) is 9.96. The van der Waals surface area contributed by atoms with Crippen LogP contribution in [0, 0.1) is 11.8 Å². The minimum Gasteiger partial charge on any atom is -0.386 e. The molecular formula is C18H19F2N5O3S. The Hall–Kier alpha value is -2.95. The molecule has 2 aromatic heterocycles. The van der Waals surface area contributed by atoms with E-state index in [0.29, 0.717) is 0 Å². The van der Waals surface area contributed by atoms with Crippen molar-refractivity contribution in [3.63, 3.8) is 0 Å². The molecule has 1 aliphatic heterocycles. The van der Waals surface area contributed by atoms with Gasteiger partial charge >= 0.3 is 0 Å². The average Bonchev–Trinajstić information content (AvgIpc) is 2.62. The number of pyridine rings is 2. The summed E-state index contributed by atoms with van der Waals surface area (Å²) in [6.45, 7) is 4.29. The quantitative estimate of drug-likeness (QED) is 0.725. The number of rotatable bonds is 3. The molecule has 2 aromatic rings. The van der Waals surface area contributed by atoms with Gasteiger partial charge in [0.05, 0.1) is 23.8 Å². The van der Waals surface area contributed by atoms with Gasteiger partial charge in [0.15, 0.2) is 9.84 Å². The van der Waals surface area contributed by atoms with Crippen molar-refractivity contribution in [2.45, 2.75) is 31.1 Å². The van der Waals surface area contributed by atoms with E-state index in [2.05, 4.69) is 20.3 Å². The van der Waals surface area contributed by atoms with E-state index in [1.54, 1.807) is 0 Å². The fourth-order valence-electron chi connectivity index (χ4n) is 2.88. The smallest absolute Gasteiger partial charge is 0.274 e. The van der Waals surface area contributed by atoms with E-state index < -0.39 is 43.5 Å². The molecular weight excluding hydrogens is 404 g/mol. The molecule has 154 valence electrons. The van der Waals surface area contributed by atoms with Crippen molar-refractivity contribution in [3.05, 3.63) is 53.6 Å². The molecule has 11 heteroatoms. The Kier molecular flexibility index (Phi) is 4.89. The SMILES string of the molecule is CC1(C)C(N)=N[C@](C)(c2cc(NC(=O)c3ccc(F)cn3)cnc2F)CS1(=O)=O. The van der Waals surface area contributed by atoms with Crippen LogP contribution < -0.4 is 11.1 Å². The third kappa shape index (κ3) is 3.69. The van der Waals surface area contributed by atoms with E-state index in [1.807, 2.05) is 0 Å². The molecule has 3 heterocycles. The zero-order valence-electron chi connectivity index (χ0n) is 15.9. The van der Waals surface area contributed by atoms with Crippen LogP contribution in [0.2, 0.25) is 0 Å². The summed E-state index contributed by atoms with van der Waals surface area (Å²) >= 11 is 0. The largest absolute Gasteiger partial charge is 0.386 e. The van der Waals surface area contributed by atoms with Gasteiger partial charge < -0.3 is 11.1 Å². The first kappa shape index (κ1) is 20.8. The van der Waals surface area contributed by atoms with Gasteiger partial charge in [-0.25, -0.2) is 22.8 Å². The van der Waals surface area contributed by atoms with Crippen molar-refractivity contribution < 1.29 is 22.0 Å². The van der Waals surface area contributed by atoms with E-state index in [1.165, 1.54) is 32.9 Å². The van der Waals surface area contributed by atoms with E-state index in [0.717, 1.165) is 18.5 Å². The van der Waals surface area contributed by atoms with Crippen molar-refractivity contribution in [2.75, 3.05) is 11.1 Å². The number of anilines is 1. The van der Waals surface area contributed by atoms with E-state index in [4.69, 9.17) is 5.73 Å². The van der Waals surface area contributed by atoms with Crippen molar-refractivity contribution in [3.8, 4) is 0 Å². The lowest BCUT2D eigenvalue weighted by atomic mass is 9.94. The monoisotopic (exact) mass is 423 g/mol. The molecule has 0 saturated heterocycles. The summed E-state index contributed by atoms with van der Waals surface area (Å²) in [4.78, 5) is 23.8. The molecule has 1 atom stereocenters. The molecule has 3 N–H and O–H groups in total. The van der Waals surface area contributed by atoms with Gasteiger partial charge in [-0.05, 0) is 39.0 Å². The van der Waals surface area contributed by atoms with Crippen LogP contribution in [-0.2, 0) is 15.4 Å². The van der Waals surface area contributed by atoms with Crippen LogP contribution >= 0.6 is 0 Å². The lowest BCUT2D eigenvalue weighted by molar-refractivity contribution is 0.102. The van der Waals surface area contributed by atoms with Gasteiger partial charge in [-0.3, -0.25) is 9.79 Å². The van der Waals surface area contributed by atoms with E-state index >= 15 is 0 Å². The van der Waals surface area contributed by atoms with Crippen LogP contribution in [-0.4, -0.2) is 40.6 Å². The topological polar surface area (TPSA) is 127 Å². The number of carbonyl (C=O) groups is 1. The molecule has 0 spiro atoms. The standard InChI is InChI=1S/C18H19F2N5O3S/c1-17(2)16(21)25-18(3,9-29(17,27)28)12-6-11(8-23-14(12)20)24-15(26)13-5-4-10(19)7-22-13/h4-8H,9H2,1-3H3,(H2,21,25)(H,24,26)/t18-/m0/s1. The molecule has 29 heavy (non-hydrogen) atoms. The molecule has 0 unspecified atom stereocenters. The number of carbonyl (C=O) groups excluding carboxylic acids is 1. The lowest BCUT2D eigenvalue weighted by Crippen LogP contribution is -2.55. The molecule has 3 rings (SSSR count). The fraction of sp³-hybridized carbons (Fsp3) is 0.333. The number of halogens is 2. The third-order valence-corrected chi connectivity index (χ3v) is 7.58. The fourth-order valence-corrected chi connectivity index (χ4v) is 4.57. The highest BCUT2D eigenvalue weighted by molar-refractivity contribution is 7.93. The number of nitrogens with one attached hydrogen (secondary N) is 1. The van der Waals surface area contributed by atoms with Gasteiger partial charge in [-0.15, -0.1) is 0 Å². The zero-order valence-corrected chi connectivity index (χ0v) is 16.7.